The fraction of sp³-hybridized carbons (Fsp3) is 0.174. The van der Waals surface area contributed by atoms with E-state index in [0.717, 1.165) is 20.9 Å². The summed E-state index contributed by atoms with van der Waals surface area (Å²) in [5.41, 5.74) is 4.60. The maximum absolute atomic E-state index is 13.3. The number of benzene rings is 1. The standard InChI is InChI=1S/C23H20ClN5O6S/c1-27-19(25)18(21(32)28(2)23(27)33)16(30)11-36-22-26-15(10-13-5-4-8-35-13)20(31)29(22)12-6-7-17(34-3)14(24)9-12/h4-10H,11,25H2,1-3H3/b15-10+. The van der Waals surface area contributed by atoms with Crippen molar-refractivity contribution >= 4 is 57.8 Å². The minimum absolute atomic E-state index is 0.0735. The number of amidine groups is 1. The van der Waals surface area contributed by atoms with Gasteiger partial charge in [-0.15, -0.1) is 0 Å². The number of hydrogen-bond acceptors (Lipinski definition) is 9. The van der Waals surface area contributed by atoms with Gasteiger partial charge in [0.2, 0.25) is 0 Å². The lowest BCUT2D eigenvalue weighted by Gasteiger charge is -2.18. The third-order valence-corrected chi connectivity index (χ3v) is 6.60. The monoisotopic (exact) mass is 529 g/mol. The molecule has 1 aliphatic heterocycles. The van der Waals surface area contributed by atoms with Crippen molar-refractivity contribution in [2.75, 3.05) is 23.5 Å². The summed E-state index contributed by atoms with van der Waals surface area (Å²) in [6.07, 6.45) is 2.93. The zero-order valence-electron chi connectivity index (χ0n) is 19.4. The number of thioether (sulfide) groups is 1. The van der Waals surface area contributed by atoms with Crippen LogP contribution in [0.15, 0.2) is 61.3 Å². The number of anilines is 2. The van der Waals surface area contributed by atoms with Crippen LogP contribution in [-0.2, 0) is 18.9 Å². The fourth-order valence-electron chi connectivity index (χ4n) is 3.45. The number of amides is 1. The molecular formula is C23H20ClN5O6S. The number of nitrogens with zero attached hydrogens (tertiary/aromatic N) is 4. The van der Waals surface area contributed by atoms with Gasteiger partial charge in [-0.05, 0) is 30.3 Å². The number of ether oxygens (including phenoxy) is 1. The number of nitrogen functional groups attached to an aromatic ring is 1. The van der Waals surface area contributed by atoms with Crippen LogP contribution >= 0.6 is 23.4 Å². The molecule has 1 aromatic carbocycles. The zero-order chi connectivity index (χ0) is 26.1. The van der Waals surface area contributed by atoms with Gasteiger partial charge in [0.05, 0.1) is 29.8 Å². The Morgan fingerprint density at radius 1 is 1.22 bits per heavy atom. The van der Waals surface area contributed by atoms with Gasteiger partial charge < -0.3 is 14.9 Å². The molecule has 36 heavy (non-hydrogen) atoms. The molecule has 0 saturated carbocycles. The number of aromatic nitrogens is 2. The number of nitrogens with two attached hydrogens (primary N) is 1. The first kappa shape index (κ1) is 25.1. The number of aliphatic imine (C=N–C) groups is 1. The molecule has 1 aliphatic rings. The number of methoxy groups -OCH3 is 1. The van der Waals surface area contributed by atoms with Gasteiger partial charge in [-0.3, -0.25) is 28.4 Å². The molecule has 0 saturated heterocycles. The maximum atomic E-state index is 13.3. The molecule has 0 spiro atoms. The highest BCUT2D eigenvalue weighted by Crippen LogP contribution is 2.34. The van der Waals surface area contributed by atoms with Crippen molar-refractivity contribution < 1.29 is 18.7 Å². The molecular weight excluding hydrogens is 510 g/mol. The van der Waals surface area contributed by atoms with Gasteiger partial charge in [0.25, 0.3) is 11.5 Å². The Morgan fingerprint density at radius 3 is 2.61 bits per heavy atom. The average Bonchev–Trinajstić information content (AvgIpc) is 3.48. The van der Waals surface area contributed by atoms with E-state index in [4.69, 9.17) is 26.5 Å². The van der Waals surface area contributed by atoms with Crippen molar-refractivity contribution in [3.8, 4) is 5.75 Å². The van der Waals surface area contributed by atoms with Crippen LogP contribution in [0.1, 0.15) is 16.1 Å². The van der Waals surface area contributed by atoms with E-state index in [1.54, 1.807) is 24.3 Å². The van der Waals surface area contributed by atoms with E-state index >= 15 is 0 Å². The van der Waals surface area contributed by atoms with E-state index < -0.39 is 22.9 Å². The Labute approximate surface area is 213 Å². The van der Waals surface area contributed by atoms with Crippen LogP contribution in [0, 0.1) is 0 Å². The predicted molar refractivity (Wildman–Crippen MR) is 138 cm³/mol. The Morgan fingerprint density at radius 2 is 1.97 bits per heavy atom. The smallest absolute Gasteiger partial charge is 0.332 e. The number of Topliss-reactive ketones (excluding diaryl/α,β-unsaturated/α-hetero) is 1. The van der Waals surface area contributed by atoms with Crippen LogP contribution in [0.5, 0.6) is 5.75 Å². The van der Waals surface area contributed by atoms with Gasteiger partial charge in [-0.25, -0.2) is 9.79 Å². The molecule has 0 bridgehead atoms. The minimum Gasteiger partial charge on any atom is -0.495 e. The zero-order valence-corrected chi connectivity index (χ0v) is 20.9. The van der Waals surface area contributed by atoms with E-state index in [1.165, 1.54) is 44.5 Å². The largest absolute Gasteiger partial charge is 0.495 e. The quantitative estimate of drug-likeness (QED) is 0.378. The van der Waals surface area contributed by atoms with Crippen LogP contribution in [0.4, 0.5) is 11.5 Å². The second-order valence-electron chi connectivity index (χ2n) is 7.58. The Kier molecular flexibility index (Phi) is 6.91. The number of furan rings is 1. The number of ketones is 1. The van der Waals surface area contributed by atoms with Crippen LogP contribution in [0.3, 0.4) is 0 Å². The van der Waals surface area contributed by atoms with E-state index in [2.05, 4.69) is 4.99 Å². The first-order valence-electron chi connectivity index (χ1n) is 10.4. The second kappa shape index (κ2) is 9.91. The van der Waals surface area contributed by atoms with Gasteiger partial charge in [0.1, 0.15) is 28.6 Å². The topological polar surface area (TPSA) is 142 Å². The number of rotatable bonds is 6. The Bertz CT molecular complexity index is 1550. The Hall–Kier alpha value is -4.03. The lowest BCUT2D eigenvalue weighted by atomic mass is 10.2. The molecule has 1 amide bonds. The molecule has 13 heteroatoms. The minimum atomic E-state index is -0.803. The summed E-state index contributed by atoms with van der Waals surface area (Å²) >= 11 is 7.20. The van der Waals surface area contributed by atoms with Crippen molar-refractivity contribution in [2.45, 2.75) is 0 Å². The highest BCUT2D eigenvalue weighted by Gasteiger charge is 2.33. The molecule has 0 fully saturated rings. The Balaban J connectivity index is 1.70. The third kappa shape index (κ3) is 4.48. The molecule has 4 rings (SSSR count). The van der Waals surface area contributed by atoms with Gasteiger partial charge in [-0.1, -0.05) is 23.4 Å². The molecule has 2 N–H and O–H groups in total. The van der Waals surface area contributed by atoms with Gasteiger partial charge in [0.15, 0.2) is 11.0 Å². The number of carbonyl (C=O) groups is 2. The van der Waals surface area contributed by atoms with Crippen molar-refractivity contribution in [2.24, 2.45) is 19.1 Å². The second-order valence-corrected chi connectivity index (χ2v) is 8.93. The molecule has 3 aromatic rings. The van der Waals surface area contributed by atoms with E-state index in [9.17, 15) is 19.2 Å². The van der Waals surface area contributed by atoms with Crippen LogP contribution < -0.4 is 26.6 Å². The van der Waals surface area contributed by atoms with Crippen molar-refractivity contribution in [3.63, 3.8) is 0 Å². The van der Waals surface area contributed by atoms with Gasteiger partial charge >= 0.3 is 5.69 Å². The van der Waals surface area contributed by atoms with Crippen LogP contribution in [0.25, 0.3) is 6.08 Å². The predicted octanol–water partition coefficient (Wildman–Crippen LogP) is 2.28. The summed E-state index contributed by atoms with van der Waals surface area (Å²) in [5, 5.41) is 0.445. The summed E-state index contributed by atoms with van der Waals surface area (Å²) in [6, 6.07) is 8.09. The molecule has 0 radical (unpaired) electrons. The summed E-state index contributed by atoms with van der Waals surface area (Å²) < 4.78 is 12.3. The SMILES string of the molecule is COc1ccc(N2C(=O)/C(=C\c3ccco3)N=C2SCC(=O)c2c(N)n(C)c(=O)n(C)c2=O)cc1Cl. The van der Waals surface area contributed by atoms with E-state index in [1.807, 2.05) is 0 Å². The van der Waals surface area contributed by atoms with Crippen molar-refractivity contribution in [1.82, 2.24) is 9.13 Å². The number of halogens is 1. The maximum Gasteiger partial charge on any atom is 0.332 e. The molecule has 2 aromatic heterocycles. The molecule has 3 heterocycles. The number of hydrogen-bond donors (Lipinski definition) is 1. The fourth-order valence-corrected chi connectivity index (χ4v) is 4.58. The highest BCUT2D eigenvalue weighted by molar-refractivity contribution is 8.14. The first-order chi connectivity index (χ1) is 17.1. The number of carbonyl (C=O) groups excluding carboxylic acids is 2. The van der Waals surface area contributed by atoms with Crippen molar-refractivity contribution in [3.05, 3.63) is 79.5 Å². The van der Waals surface area contributed by atoms with Crippen molar-refractivity contribution in [1.29, 1.82) is 0 Å². The van der Waals surface area contributed by atoms with Gasteiger partial charge in [0, 0.05) is 20.2 Å². The molecule has 11 nitrogen and oxygen atoms in total. The highest BCUT2D eigenvalue weighted by atomic mass is 35.5. The summed E-state index contributed by atoms with van der Waals surface area (Å²) in [7, 11) is 4.09. The lowest BCUT2D eigenvalue weighted by molar-refractivity contribution is -0.113. The lowest BCUT2D eigenvalue weighted by Crippen LogP contribution is -2.42. The molecule has 186 valence electrons. The van der Waals surface area contributed by atoms with Crippen LogP contribution in [0.2, 0.25) is 5.02 Å². The molecule has 0 aliphatic carbocycles. The first-order valence-corrected chi connectivity index (χ1v) is 11.7. The molecule has 0 atom stereocenters. The van der Waals surface area contributed by atoms with Crippen LogP contribution in [-0.4, -0.2) is 38.9 Å². The van der Waals surface area contributed by atoms with E-state index in [0.29, 0.717) is 17.2 Å². The van der Waals surface area contributed by atoms with E-state index in [-0.39, 0.29) is 33.0 Å². The third-order valence-electron chi connectivity index (χ3n) is 5.37. The summed E-state index contributed by atoms with van der Waals surface area (Å²) in [4.78, 5) is 56.6. The molecule has 0 unspecified atom stereocenters. The summed E-state index contributed by atoms with van der Waals surface area (Å²) in [6.45, 7) is 0. The normalized spacial score (nSPS) is 14.4. The van der Waals surface area contributed by atoms with Gasteiger partial charge in [-0.2, -0.15) is 0 Å². The average molecular weight is 530 g/mol. The summed E-state index contributed by atoms with van der Waals surface area (Å²) in [5.74, 6) is -0.784.